The molecule has 1 aromatic carbocycles. The molecule has 0 spiro atoms. The minimum atomic E-state index is 0.600. The summed E-state index contributed by atoms with van der Waals surface area (Å²) in [6.45, 7) is 8.94. The molecule has 19 heavy (non-hydrogen) atoms. The Bertz CT molecular complexity index is 416. The van der Waals surface area contributed by atoms with Crippen molar-refractivity contribution in [3.05, 3.63) is 29.3 Å². The molecule has 1 unspecified atom stereocenters. The molecule has 1 aliphatic rings. The predicted molar refractivity (Wildman–Crippen MR) is 83.1 cm³/mol. The molecule has 0 aliphatic carbocycles. The fourth-order valence-electron chi connectivity index (χ4n) is 3.06. The molecule has 0 bridgehead atoms. The lowest BCUT2D eigenvalue weighted by molar-refractivity contribution is 0.216. The van der Waals surface area contributed by atoms with Gasteiger partial charge in [-0.15, -0.1) is 0 Å². The van der Waals surface area contributed by atoms with Crippen molar-refractivity contribution in [2.45, 2.75) is 26.3 Å². The van der Waals surface area contributed by atoms with Gasteiger partial charge in [0, 0.05) is 37.9 Å². The number of likely N-dealkylation sites (N-methyl/N-ethyl adjacent to an activating group) is 2. The highest BCUT2D eigenvalue weighted by atomic mass is 15.3. The molecule has 0 radical (unpaired) electrons. The number of para-hydroxylation sites is 1. The van der Waals surface area contributed by atoms with E-state index in [0.717, 1.165) is 32.6 Å². The van der Waals surface area contributed by atoms with E-state index in [-0.39, 0.29) is 0 Å². The Balaban J connectivity index is 2.22. The lowest BCUT2D eigenvalue weighted by atomic mass is 10.0. The third kappa shape index (κ3) is 3.10. The third-order valence-electron chi connectivity index (χ3n) is 4.24. The summed E-state index contributed by atoms with van der Waals surface area (Å²) < 4.78 is 0. The lowest BCUT2D eigenvalue weighted by Gasteiger charge is -2.42. The average molecular weight is 261 g/mol. The van der Waals surface area contributed by atoms with Gasteiger partial charge in [-0.05, 0) is 38.6 Å². The fraction of sp³-hybridized carbons (Fsp3) is 0.625. The highest BCUT2D eigenvalue weighted by molar-refractivity contribution is 5.59. The van der Waals surface area contributed by atoms with E-state index in [4.69, 9.17) is 0 Å². The van der Waals surface area contributed by atoms with Crippen molar-refractivity contribution in [2.75, 3.05) is 45.2 Å². The zero-order valence-corrected chi connectivity index (χ0v) is 12.7. The minimum absolute atomic E-state index is 0.600. The Morgan fingerprint density at radius 2 is 2.11 bits per heavy atom. The number of piperazine rings is 1. The second-order valence-electron chi connectivity index (χ2n) is 5.57. The summed E-state index contributed by atoms with van der Waals surface area (Å²) in [5.41, 5.74) is 4.36. The van der Waals surface area contributed by atoms with Gasteiger partial charge in [0.15, 0.2) is 0 Å². The normalized spacial score (nSPS) is 20.8. The number of aryl methyl sites for hydroxylation is 2. The number of rotatable bonds is 4. The van der Waals surface area contributed by atoms with Crippen molar-refractivity contribution in [1.29, 1.82) is 0 Å². The monoisotopic (exact) mass is 261 g/mol. The largest absolute Gasteiger partial charge is 0.368 e. The molecule has 1 aliphatic heterocycles. The van der Waals surface area contributed by atoms with E-state index in [1.807, 2.05) is 7.05 Å². The molecule has 1 saturated heterocycles. The lowest BCUT2D eigenvalue weighted by Crippen LogP contribution is -2.55. The van der Waals surface area contributed by atoms with Gasteiger partial charge < -0.3 is 10.2 Å². The molecular weight excluding hydrogens is 234 g/mol. The van der Waals surface area contributed by atoms with Gasteiger partial charge in [0.2, 0.25) is 0 Å². The second-order valence-corrected chi connectivity index (χ2v) is 5.57. The van der Waals surface area contributed by atoms with Gasteiger partial charge in [-0.3, -0.25) is 4.90 Å². The minimum Gasteiger partial charge on any atom is -0.368 e. The van der Waals surface area contributed by atoms with Gasteiger partial charge in [-0.25, -0.2) is 0 Å². The first-order valence-corrected chi connectivity index (χ1v) is 7.35. The van der Waals surface area contributed by atoms with Crippen molar-refractivity contribution in [1.82, 2.24) is 10.2 Å². The highest BCUT2D eigenvalue weighted by Gasteiger charge is 2.25. The van der Waals surface area contributed by atoms with Crippen LogP contribution >= 0.6 is 0 Å². The molecule has 3 nitrogen and oxygen atoms in total. The molecule has 1 aromatic rings. The Kier molecular flexibility index (Phi) is 4.83. The summed E-state index contributed by atoms with van der Waals surface area (Å²) in [5.74, 6) is 0. The van der Waals surface area contributed by atoms with Crippen LogP contribution < -0.4 is 10.2 Å². The Morgan fingerprint density at radius 3 is 2.79 bits per heavy atom. The maximum Gasteiger partial charge on any atom is 0.0429 e. The molecular formula is C16H27N3. The number of hydrogen-bond acceptors (Lipinski definition) is 3. The summed E-state index contributed by atoms with van der Waals surface area (Å²) in [6, 6.07) is 7.29. The van der Waals surface area contributed by atoms with Crippen LogP contribution in [0.5, 0.6) is 0 Å². The molecule has 0 amide bonds. The summed E-state index contributed by atoms with van der Waals surface area (Å²) in [7, 11) is 4.27. The van der Waals surface area contributed by atoms with Crippen LogP contribution in [0, 0.1) is 6.92 Å². The number of benzene rings is 1. The number of hydrogen-bond donors (Lipinski definition) is 1. The zero-order chi connectivity index (χ0) is 13.8. The summed E-state index contributed by atoms with van der Waals surface area (Å²) >= 11 is 0. The molecule has 1 fully saturated rings. The van der Waals surface area contributed by atoms with Crippen LogP contribution in [0.2, 0.25) is 0 Å². The Morgan fingerprint density at radius 1 is 1.32 bits per heavy atom. The van der Waals surface area contributed by atoms with E-state index in [1.54, 1.807) is 0 Å². The van der Waals surface area contributed by atoms with Crippen LogP contribution in [0.3, 0.4) is 0 Å². The van der Waals surface area contributed by atoms with Gasteiger partial charge in [-0.2, -0.15) is 0 Å². The van der Waals surface area contributed by atoms with Gasteiger partial charge in [-0.1, -0.05) is 25.1 Å². The predicted octanol–water partition coefficient (Wildman–Crippen LogP) is 1.90. The molecule has 2 rings (SSSR count). The molecule has 1 N–H and O–H groups in total. The average Bonchev–Trinajstić information content (AvgIpc) is 2.41. The number of anilines is 1. The zero-order valence-electron chi connectivity index (χ0n) is 12.7. The Labute approximate surface area is 117 Å². The third-order valence-corrected chi connectivity index (χ3v) is 4.24. The molecule has 3 heteroatoms. The van der Waals surface area contributed by atoms with Crippen molar-refractivity contribution in [3.63, 3.8) is 0 Å². The van der Waals surface area contributed by atoms with E-state index in [1.165, 1.54) is 16.8 Å². The topological polar surface area (TPSA) is 18.5 Å². The van der Waals surface area contributed by atoms with Crippen molar-refractivity contribution in [3.8, 4) is 0 Å². The molecule has 0 saturated carbocycles. The van der Waals surface area contributed by atoms with Gasteiger partial charge >= 0.3 is 0 Å². The van der Waals surface area contributed by atoms with Crippen LogP contribution in [0.15, 0.2) is 18.2 Å². The number of nitrogens with zero attached hydrogens (tertiary/aromatic N) is 2. The smallest absolute Gasteiger partial charge is 0.0429 e. The van der Waals surface area contributed by atoms with Crippen LogP contribution in [0.1, 0.15) is 18.1 Å². The summed E-state index contributed by atoms with van der Waals surface area (Å²) in [4.78, 5) is 5.05. The molecule has 0 aromatic heterocycles. The van der Waals surface area contributed by atoms with Gasteiger partial charge in [0.25, 0.3) is 0 Å². The van der Waals surface area contributed by atoms with E-state index in [2.05, 4.69) is 54.2 Å². The highest BCUT2D eigenvalue weighted by Crippen LogP contribution is 2.27. The van der Waals surface area contributed by atoms with E-state index in [0.29, 0.717) is 6.04 Å². The van der Waals surface area contributed by atoms with E-state index < -0.39 is 0 Å². The summed E-state index contributed by atoms with van der Waals surface area (Å²) in [5, 5.41) is 3.31. The molecule has 1 atom stereocenters. The first-order chi connectivity index (χ1) is 9.17. The van der Waals surface area contributed by atoms with Crippen molar-refractivity contribution >= 4 is 5.69 Å². The second kappa shape index (κ2) is 6.40. The first kappa shape index (κ1) is 14.4. The van der Waals surface area contributed by atoms with Crippen molar-refractivity contribution in [2.24, 2.45) is 0 Å². The van der Waals surface area contributed by atoms with E-state index >= 15 is 0 Å². The van der Waals surface area contributed by atoms with Gasteiger partial charge in [0.1, 0.15) is 0 Å². The first-order valence-electron chi connectivity index (χ1n) is 7.35. The Hall–Kier alpha value is -1.06. The fourth-order valence-corrected chi connectivity index (χ4v) is 3.06. The van der Waals surface area contributed by atoms with E-state index in [9.17, 15) is 0 Å². The van der Waals surface area contributed by atoms with Crippen LogP contribution in [0.25, 0.3) is 0 Å². The maximum atomic E-state index is 3.31. The van der Waals surface area contributed by atoms with Crippen LogP contribution in [-0.4, -0.2) is 51.2 Å². The number of nitrogens with one attached hydrogen (secondary N) is 1. The quantitative estimate of drug-likeness (QED) is 0.893. The maximum absolute atomic E-state index is 3.31. The van der Waals surface area contributed by atoms with Crippen LogP contribution in [-0.2, 0) is 6.42 Å². The molecule has 1 heterocycles. The molecule has 106 valence electrons. The van der Waals surface area contributed by atoms with Crippen LogP contribution in [0.4, 0.5) is 5.69 Å². The van der Waals surface area contributed by atoms with Crippen molar-refractivity contribution < 1.29 is 0 Å². The van der Waals surface area contributed by atoms with Gasteiger partial charge in [0.05, 0.1) is 0 Å². The standard InChI is InChI=1S/C16H27N3/c1-5-14-8-6-7-13(2)16(14)19-10-9-18(4)15(12-19)11-17-3/h6-8,15,17H,5,9-12H2,1-4H3. The summed E-state index contributed by atoms with van der Waals surface area (Å²) in [6.07, 6.45) is 1.11. The SMILES string of the molecule is CCc1cccc(C)c1N1CCN(C)C(CNC)C1.